The molecular weight excluding hydrogens is 539 g/mol. The van der Waals surface area contributed by atoms with Gasteiger partial charge in [-0.3, -0.25) is 14.4 Å². The number of hydrogen-bond acceptors (Lipinski definition) is 10. The van der Waals surface area contributed by atoms with E-state index in [0.29, 0.717) is 21.7 Å². The number of anilines is 1. The molecule has 17 heteroatoms. The first-order valence-electron chi connectivity index (χ1n) is 10.8. The Kier molecular flexibility index (Phi) is 7.56. The molecule has 3 atom stereocenters. The average molecular weight is 561 g/mol. The molecule has 1 amide bonds. The van der Waals surface area contributed by atoms with Gasteiger partial charge < -0.3 is 33.5 Å². The van der Waals surface area contributed by atoms with E-state index in [1.54, 1.807) is 18.2 Å². The van der Waals surface area contributed by atoms with Crippen LogP contribution in [-0.2, 0) is 25.2 Å². The van der Waals surface area contributed by atoms with E-state index in [0.717, 1.165) is 23.2 Å². The number of aromatic nitrogens is 2. The number of hydrogen-bond donors (Lipinski definition) is 4. The second-order valence-corrected chi connectivity index (χ2v) is 9.45. The van der Waals surface area contributed by atoms with E-state index in [1.165, 1.54) is 7.11 Å². The lowest BCUT2D eigenvalue weighted by molar-refractivity contribution is -0.140. The third-order valence-corrected chi connectivity index (χ3v) is 5.99. The number of benzene rings is 1. The van der Waals surface area contributed by atoms with Crippen molar-refractivity contribution in [2.75, 3.05) is 19.0 Å². The highest BCUT2D eigenvalue weighted by atomic mass is 31.2. The van der Waals surface area contributed by atoms with Crippen LogP contribution in [0, 0.1) is 6.92 Å². The Morgan fingerprint density at radius 1 is 1.32 bits per heavy atom. The number of methoxy groups -OCH3 is 1. The van der Waals surface area contributed by atoms with Gasteiger partial charge in [-0.25, -0.2) is 14.2 Å². The predicted octanol–water partition coefficient (Wildman–Crippen LogP) is 2.06. The first kappa shape index (κ1) is 27.6. The first-order chi connectivity index (χ1) is 17.8. The van der Waals surface area contributed by atoms with Crippen LogP contribution in [0.25, 0.3) is 11.0 Å². The van der Waals surface area contributed by atoms with E-state index in [9.17, 15) is 28.0 Å². The van der Waals surface area contributed by atoms with Gasteiger partial charge in [-0.1, -0.05) is 0 Å². The van der Waals surface area contributed by atoms with E-state index in [2.05, 4.69) is 14.8 Å². The van der Waals surface area contributed by atoms with E-state index >= 15 is 0 Å². The van der Waals surface area contributed by atoms with Crippen molar-refractivity contribution in [3.8, 4) is 5.75 Å². The fraction of sp³-hybridized carbons (Fsp3) is 0.381. The summed E-state index contributed by atoms with van der Waals surface area (Å²) in [5.74, 6) is -3.42. The van der Waals surface area contributed by atoms with Gasteiger partial charge in [0.1, 0.15) is 29.0 Å². The maximum atomic E-state index is 14.5. The van der Waals surface area contributed by atoms with Crippen LogP contribution in [-0.4, -0.2) is 62.4 Å². The van der Waals surface area contributed by atoms with Crippen molar-refractivity contribution >= 4 is 30.7 Å². The number of aliphatic hydroxyl groups excluding tert-OH is 1. The normalized spacial score (nSPS) is 21.0. The molecule has 0 aliphatic carbocycles. The molecule has 4 rings (SSSR count). The number of amides is 1. The summed E-state index contributed by atoms with van der Waals surface area (Å²) >= 11 is 0. The van der Waals surface area contributed by atoms with E-state index < -0.39 is 50.6 Å². The van der Waals surface area contributed by atoms with Crippen LogP contribution in [0.2, 0.25) is 0 Å². The molecule has 0 bridgehead atoms. The number of aryl methyl sites for hydroxylation is 1. The number of ether oxygens (including phenoxy) is 3. The number of furan rings is 1. The van der Waals surface area contributed by atoms with Crippen LogP contribution in [0.4, 0.5) is 19.4 Å². The Hall–Kier alpha value is -3.40. The summed E-state index contributed by atoms with van der Waals surface area (Å²) in [4.78, 5) is 45.5. The molecular formula is C21H22F2N3O11P. The molecule has 4 N–H and O–H groups in total. The monoisotopic (exact) mass is 561 g/mol. The summed E-state index contributed by atoms with van der Waals surface area (Å²) < 4.78 is 65.2. The molecule has 3 heterocycles. The highest BCUT2D eigenvalue weighted by Crippen LogP contribution is 2.44. The zero-order valence-corrected chi connectivity index (χ0v) is 20.6. The van der Waals surface area contributed by atoms with Crippen molar-refractivity contribution in [2.24, 2.45) is 0 Å². The molecule has 1 aromatic carbocycles. The van der Waals surface area contributed by atoms with Crippen molar-refractivity contribution in [3.63, 3.8) is 0 Å². The summed E-state index contributed by atoms with van der Waals surface area (Å²) in [6.45, 7) is 0.490. The number of phosphoric acid groups is 1. The van der Waals surface area contributed by atoms with E-state index in [4.69, 9.17) is 28.4 Å². The number of halogens is 2. The van der Waals surface area contributed by atoms with Crippen LogP contribution in [0.3, 0.4) is 0 Å². The molecule has 2 aromatic heterocycles. The number of nitrogens with one attached hydrogen (secondary N) is 1. The molecule has 0 radical (unpaired) electrons. The fourth-order valence-corrected chi connectivity index (χ4v) is 4.09. The third-order valence-electron chi connectivity index (χ3n) is 5.51. The maximum Gasteiger partial charge on any atom is 0.469 e. The molecule has 3 aromatic rings. The van der Waals surface area contributed by atoms with Gasteiger partial charge in [0.25, 0.3) is 0 Å². The van der Waals surface area contributed by atoms with Gasteiger partial charge in [-0.2, -0.15) is 13.8 Å². The Labute approximate surface area is 211 Å². The van der Waals surface area contributed by atoms with Gasteiger partial charge >= 0.3 is 25.5 Å². The van der Waals surface area contributed by atoms with Gasteiger partial charge in [0.05, 0.1) is 13.7 Å². The van der Waals surface area contributed by atoms with Gasteiger partial charge in [0.15, 0.2) is 12.7 Å². The van der Waals surface area contributed by atoms with Crippen molar-refractivity contribution in [2.45, 2.75) is 37.9 Å². The van der Waals surface area contributed by atoms with Gasteiger partial charge in [-0.15, -0.1) is 0 Å². The number of carbonyl (C=O) groups excluding carboxylic acids is 1. The molecule has 14 nitrogen and oxygen atoms in total. The Balaban J connectivity index is 1.40. The summed E-state index contributed by atoms with van der Waals surface area (Å²) in [7, 11) is -3.50. The largest absolute Gasteiger partial charge is 0.497 e. The van der Waals surface area contributed by atoms with Crippen LogP contribution in [0.1, 0.15) is 17.6 Å². The molecule has 0 saturated carbocycles. The number of alkyl halides is 2. The molecule has 206 valence electrons. The lowest BCUT2D eigenvalue weighted by atomic mass is 10.1. The summed E-state index contributed by atoms with van der Waals surface area (Å²) in [5, 5.41) is 12.7. The average Bonchev–Trinajstić information content (AvgIpc) is 3.35. The van der Waals surface area contributed by atoms with Crippen LogP contribution in [0.5, 0.6) is 5.75 Å². The van der Waals surface area contributed by atoms with Crippen molar-refractivity contribution in [1.82, 2.24) is 9.55 Å². The zero-order chi connectivity index (χ0) is 27.8. The molecule has 38 heavy (non-hydrogen) atoms. The van der Waals surface area contributed by atoms with Gasteiger partial charge in [0, 0.05) is 11.6 Å². The standard InChI is InChI=1S/C21H22F2N3O11P/c1-10-5-12(33-2)6-11-7-13(36-16(10)11)8-34-20(29)25-15-3-4-26(19(28)24-15)18-21(22,23)17(27)14(37-18)9-35-38(30,31)32/h3-7,14,17-18,27H,8-9H2,1-2H3,(H2,30,31,32)(H,24,25,28,29)/t14-,17-,18-/m1/s1. The lowest BCUT2D eigenvalue weighted by Gasteiger charge is -2.21. The minimum atomic E-state index is -5.03. The fourth-order valence-electron chi connectivity index (χ4n) is 3.75. The molecule has 1 saturated heterocycles. The Morgan fingerprint density at radius 2 is 2.05 bits per heavy atom. The highest BCUT2D eigenvalue weighted by molar-refractivity contribution is 7.46. The van der Waals surface area contributed by atoms with Crippen LogP contribution < -0.4 is 15.7 Å². The third kappa shape index (κ3) is 5.85. The smallest absolute Gasteiger partial charge is 0.469 e. The Morgan fingerprint density at radius 3 is 2.71 bits per heavy atom. The molecule has 1 fully saturated rings. The van der Waals surface area contributed by atoms with Crippen molar-refractivity contribution in [3.05, 3.63) is 52.3 Å². The Bertz CT molecular complexity index is 1450. The SMILES string of the molecule is COc1cc(C)c2oc(COC(=O)Nc3ccn([C@@H]4O[C@H](COP(=O)(O)O)[C@@H](O)C4(F)F)c(=O)n3)cc2c1. The minimum Gasteiger partial charge on any atom is -0.497 e. The number of fused-ring (bicyclic) bond motifs is 1. The van der Waals surface area contributed by atoms with Crippen LogP contribution in [0.15, 0.2) is 39.7 Å². The van der Waals surface area contributed by atoms with Crippen LogP contribution >= 0.6 is 7.82 Å². The number of rotatable bonds is 8. The highest BCUT2D eigenvalue weighted by Gasteiger charge is 2.60. The summed E-state index contributed by atoms with van der Waals surface area (Å²) in [5.41, 5.74) is 0.115. The maximum absolute atomic E-state index is 14.5. The quantitative estimate of drug-likeness (QED) is 0.293. The van der Waals surface area contributed by atoms with Crippen molar-refractivity contribution in [1.29, 1.82) is 0 Å². The number of phosphoric ester groups is 1. The number of carbonyl (C=O) groups is 1. The number of nitrogens with zero attached hydrogens (tertiary/aromatic N) is 2. The minimum absolute atomic E-state index is 0.266. The molecule has 1 aliphatic heterocycles. The molecule has 1 aliphatic rings. The molecule has 0 spiro atoms. The summed E-state index contributed by atoms with van der Waals surface area (Å²) in [6.07, 6.45) is -6.94. The van der Waals surface area contributed by atoms with Gasteiger partial charge in [0.2, 0.25) is 6.23 Å². The second-order valence-electron chi connectivity index (χ2n) is 8.21. The zero-order valence-electron chi connectivity index (χ0n) is 19.7. The van der Waals surface area contributed by atoms with E-state index in [1.807, 2.05) is 6.92 Å². The topological polar surface area (TPSA) is 192 Å². The van der Waals surface area contributed by atoms with Crippen molar-refractivity contribution < 1.29 is 56.2 Å². The second kappa shape index (κ2) is 10.4. The lowest BCUT2D eigenvalue weighted by Crippen LogP contribution is -2.42. The molecule has 0 unspecified atom stereocenters. The van der Waals surface area contributed by atoms with E-state index in [-0.39, 0.29) is 12.4 Å². The predicted molar refractivity (Wildman–Crippen MR) is 123 cm³/mol. The first-order valence-corrected chi connectivity index (χ1v) is 12.3. The summed E-state index contributed by atoms with van der Waals surface area (Å²) in [6, 6.07) is 6.19. The van der Waals surface area contributed by atoms with Gasteiger partial charge in [-0.05, 0) is 36.8 Å². The number of aliphatic hydroxyl groups is 1.